The molecule has 0 fully saturated rings. The standard InChI is InChI=1S/C16H16FN5O2/c1-22-8-9(15(18)23)6-13(22)16(24)19-5-4-14-20-11-3-2-10(17)7-12(11)21-14/h2-3,6-8H,4-5H2,1H3,(H2,18,23)(H,19,24)(H,20,21). The van der Waals surface area contributed by atoms with Gasteiger partial charge in [-0.15, -0.1) is 0 Å². The first kappa shape index (κ1) is 15.7. The van der Waals surface area contributed by atoms with E-state index in [4.69, 9.17) is 5.73 Å². The van der Waals surface area contributed by atoms with Gasteiger partial charge in [-0.2, -0.15) is 0 Å². The van der Waals surface area contributed by atoms with Gasteiger partial charge in [0.25, 0.3) is 5.91 Å². The number of nitrogens with zero attached hydrogens (tertiary/aromatic N) is 2. The second-order valence-corrected chi connectivity index (χ2v) is 5.44. The predicted octanol–water partition coefficient (Wildman–Crippen LogP) is 1.11. The topological polar surface area (TPSA) is 106 Å². The van der Waals surface area contributed by atoms with Crippen LogP contribution in [0.1, 0.15) is 26.7 Å². The van der Waals surface area contributed by atoms with Crippen molar-refractivity contribution in [2.24, 2.45) is 12.8 Å². The van der Waals surface area contributed by atoms with Crippen LogP contribution in [-0.2, 0) is 13.5 Å². The number of carbonyl (C=O) groups is 2. The molecule has 0 atom stereocenters. The van der Waals surface area contributed by atoms with Crippen LogP contribution in [0, 0.1) is 5.82 Å². The molecule has 7 nitrogen and oxygen atoms in total. The van der Waals surface area contributed by atoms with E-state index in [2.05, 4.69) is 15.3 Å². The third-order valence-corrected chi connectivity index (χ3v) is 3.66. The molecule has 24 heavy (non-hydrogen) atoms. The summed E-state index contributed by atoms with van der Waals surface area (Å²) >= 11 is 0. The van der Waals surface area contributed by atoms with Crippen molar-refractivity contribution >= 4 is 22.8 Å². The molecule has 2 heterocycles. The van der Waals surface area contributed by atoms with Crippen LogP contribution in [0.15, 0.2) is 30.5 Å². The number of imidazole rings is 1. The van der Waals surface area contributed by atoms with E-state index in [0.717, 1.165) is 0 Å². The third-order valence-electron chi connectivity index (χ3n) is 3.66. The Bertz CT molecular complexity index is 928. The van der Waals surface area contributed by atoms with Crippen molar-refractivity contribution in [3.63, 3.8) is 0 Å². The highest BCUT2D eigenvalue weighted by atomic mass is 19.1. The number of nitrogens with one attached hydrogen (secondary N) is 2. The fourth-order valence-corrected chi connectivity index (χ4v) is 2.46. The fraction of sp³-hybridized carbons (Fsp3) is 0.188. The molecule has 0 aliphatic rings. The second kappa shape index (κ2) is 6.15. The molecular formula is C16H16FN5O2. The van der Waals surface area contributed by atoms with Gasteiger partial charge in [-0.3, -0.25) is 9.59 Å². The van der Waals surface area contributed by atoms with E-state index in [9.17, 15) is 14.0 Å². The lowest BCUT2D eigenvalue weighted by atomic mass is 10.3. The van der Waals surface area contributed by atoms with E-state index in [-0.39, 0.29) is 17.3 Å². The molecular weight excluding hydrogens is 313 g/mol. The number of H-pyrrole nitrogens is 1. The van der Waals surface area contributed by atoms with Crippen LogP contribution in [0.2, 0.25) is 0 Å². The lowest BCUT2D eigenvalue weighted by molar-refractivity contribution is 0.0945. The van der Waals surface area contributed by atoms with Crippen molar-refractivity contribution in [3.05, 3.63) is 53.4 Å². The van der Waals surface area contributed by atoms with Crippen molar-refractivity contribution in [1.82, 2.24) is 19.9 Å². The minimum atomic E-state index is -0.584. The molecule has 8 heteroatoms. The summed E-state index contributed by atoms with van der Waals surface area (Å²) in [5.74, 6) is -0.577. The maximum Gasteiger partial charge on any atom is 0.267 e. The summed E-state index contributed by atoms with van der Waals surface area (Å²) in [5, 5.41) is 2.75. The first-order valence-corrected chi connectivity index (χ1v) is 7.32. The van der Waals surface area contributed by atoms with Crippen molar-refractivity contribution in [1.29, 1.82) is 0 Å². The highest BCUT2D eigenvalue weighted by Gasteiger charge is 2.14. The Morgan fingerprint density at radius 1 is 1.38 bits per heavy atom. The molecule has 2 aromatic heterocycles. The minimum Gasteiger partial charge on any atom is -0.366 e. The van der Waals surface area contributed by atoms with Crippen LogP contribution in [0.4, 0.5) is 4.39 Å². The van der Waals surface area contributed by atoms with Gasteiger partial charge in [0.2, 0.25) is 5.91 Å². The molecule has 1 aromatic carbocycles. The zero-order valence-electron chi connectivity index (χ0n) is 13.0. The molecule has 3 aromatic rings. The average molecular weight is 329 g/mol. The molecule has 4 N–H and O–H groups in total. The predicted molar refractivity (Wildman–Crippen MR) is 86.0 cm³/mol. The van der Waals surface area contributed by atoms with Crippen molar-refractivity contribution in [2.45, 2.75) is 6.42 Å². The van der Waals surface area contributed by atoms with Gasteiger partial charge in [-0.25, -0.2) is 9.37 Å². The number of primary amides is 1. The molecule has 0 aliphatic heterocycles. The summed E-state index contributed by atoms with van der Waals surface area (Å²) in [4.78, 5) is 30.6. The number of amides is 2. The molecule has 0 saturated heterocycles. The van der Waals surface area contributed by atoms with Gasteiger partial charge in [-0.1, -0.05) is 0 Å². The molecule has 0 saturated carbocycles. The molecule has 124 valence electrons. The van der Waals surface area contributed by atoms with E-state index >= 15 is 0 Å². The van der Waals surface area contributed by atoms with Gasteiger partial charge >= 0.3 is 0 Å². The van der Waals surface area contributed by atoms with E-state index in [1.807, 2.05) is 0 Å². The van der Waals surface area contributed by atoms with E-state index in [1.165, 1.54) is 24.4 Å². The number of aromatic nitrogens is 3. The van der Waals surface area contributed by atoms with Crippen molar-refractivity contribution in [3.8, 4) is 0 Å². The van der Waals surface area contributed by atoms with Gasteiger partial charge in [0.1, 0.15) is 17.3 Å². The summed E-state index contributed by atoms with van der Waals surface area (Å²) in [5.41, 5.74) is 7.11. The Kier molecular flexibility index (Phi) is 4.03. The van der Waals surface area contributed by atoms with Crippen LogP contribution in [0.25, 0.3) is 11.0 Å². The number of aryl methyl sites for hydroxylation is 1. The SMILES string of the molecule is Cn1cc(C(N)=O)cc1C(=O)NCCc1nc2ccc(F)cc2[nH]1. The Labute approximate surface area is 136 Å². The number of rotatable bonds is 5. The van der Waals surface area contributed by atoms with E-state index in [1.54, 1.807) is 17.7 Å². The lowest BCUT2D eigenvalue weighted by Gasteiger charge is -2.04. The van der Waals surface area contributed by atoms with Crippen LogP contribution in [0.3, 0.4) is 0 Å². The summed E-state index contributed by atoms with van der Waals surface area (Å²) in [6.45, 7) is 0.345. The first-order valence-electron chi connectivity index (χ1n) is 7.32. The Morgan fingerprint density at radius 3 is 2.88 bits per heavy atom. The Balaban J connectivity index is 1.62. The zero-order valence-corrected chi connectivity index (χ0v) is 13.0. The van der Waals surface area contributed by atoms with Gasteiger partial charge in [-0.05, 0) is 24.3 Å². The number of aromatic amines is 1. The number of fused-ring (bicyclic) bond motifs is 1. The Morgan fingerprint density at radius 2 is 2.17 bits per heavy atom. The zero-order chi connectivity index (χ0) is 17.3. The normalized spacial score (nSPS) is 10.9. The van der Waals surface area contributed by atoms with Gasteiger partial charge in [0, 0.05) is 26.2 Å². The molecule has 0 aliphatic carbocycles. The smallest absolute Gasteiger partial charge is 0.267 e. The maximum absolute atomic E-state index is 13.1. The first-order chi connectivity index (χ1) is 11.4. The van der Waals surface area contributed by atoms with Crippen LogP contribution in [0.5, 0.6) is 0 Å². The minimum absolute atomic E-state index is 0.280. The largest absolute Gasteiger partial charge is 0.366 e. The highest BCUT2D eigenvalue weighted by molar-refractivity contribution is 5.98. The molecule has 2 amide bonds. The molecule has 0 unspecified atom stereocenters. The van der Waals surface area contributed by atoms with E-state index in [0.29, 0.717) is 35.5 Å². The fourth-order valence-electron chi connectivity index (χ4n) is 2.46. The molecule has 0 radical (unpaired) electrons. The van der Waals surface area contributed by atoms with Gasteiger partial charge < -0.3 is 20.6 Å². The summed E-state index contributed by atoms with van der Waals surface area (Å²) in [6.07, 6.45) is 1.97. The second-order valence-electron chi connectivity index (χ2n) is 5.44. The molecule has 0 spiro atoms. The third kappa shape index (κ3) is 3.12. The number of benzene rings is 1. The van der Waals surface area contributed by atoms with Crippen LogP contribution >= 0.6 is 0 Å². The lowest BCUT2D eigenvalue weighted by Crippen LogP contribution is -2.27. The summed E-state index contributed by atoms with van der Waals surface area (Å²) in [6, 6.07) is 5.76. The molecule has 3 rings (SSSR count). The number of hydrogen-bond acceptors (Lipinski definition) is 3. The van der Waals surface area contributed by atoms with Crippen LogP contribution in [-0.4, -0.2) is 32.9 Å². The highest BCUT2D eigenvalue weighted by Crippen LogP contribution is 2.13. The van der Waals surface area contributed by atoms with E-state index < -0.39 is 5.91 Å². The number of carbonyl (C=O) groups excluding carboxylic acids is 2. The van der Waals surface area contributed by atoms with Crippen molar-refractivity contribution in [2.75, 3.05) is 6.54 Å². The van der Waals surface area contributed by atoms with Gasteiger partial charge in [0.15, 0.2) is 0 Å². The number of halogens is 1. The quantitative estimate of drug-likeness (QED) is 0.653. The molecule has 0 bridgehead atoms. The average Bonchev–Trinajstić information content (AvgIpc) is 3.10. The summed E-state index contributed by atoms with van der Waals surface area (Å²) < 4.78 is 14.7. The van der Waals surface area contributed by atoms with Crippen molar-refractivity contribution < 1.29 is 14.0 Å². The summed E-state index contributed by atoms with van der Waals surface area (Å²) in [7, 11) is 1.66. The monoisotopic (exact) mass is 329 g/mol. The Hall–Kier alpha value is -3.16. The number of nitrogens with two attached hydrogens (primary N) is 1. The maximum atomic E-state index is 13.1. The van der Waals surface area contributed by atoms with Crippen LogP contribution < -0.4 is 11.1 Å². The number of hydrogen-bond donors (Lipinski definition) is 3. The van der Waals surface area contributed by atoms with Gasteiger partial charge in [0.05, 0.1) is 16.6 Å².